The summed E-state index contributed by atoms with van der Waals surface area (Å²) in [4.78, 5) is 8.19. The molecule has 3 heterocycles. The number of nitrogens with zero attached hydrogens (tertiary/aromatic N) is 3. The molecule has 4 heteroatoms. The minimum Gasteiger partial charge on any atom is -0.398 e. The normalized spacial score (nSPS) is 13.5. The van der Waals surface area contributed by atoms with Crippen molar-refractivity contribution in [1.29, 1.82) is 0 Å². The van der Waals surface area contributed by atoms with Gasteiger partial charge in [-0.05, 0) is 55.3 Å². The van der Waals surface area contributed by atoms with Crippen LogP contribution in [0.2, 0.25) is 0 Å². The third kappa shape index (κ3) is 4.12. The highest BCUT2D eigenvalue weighted by Gasteiger charge is 2.13. The van der Waals surface area contributed by atoms with Crippen LogP contribution >= 0.6 is 0 Å². The van der Waals surface area contributed by atoms with Crippen molar-refractivity contribution in [3.63, 3.8) is 0 Å². The number of pyridine rings is 1. The molecule has 4 nitrogen and oxygen atoms in total. The number of allylic oxidation sites excluding steroid dienone is 4. The molecular formula is C28H28N4. The molecule has 1 aliphatic heterocycles. The van der Waals surface area contributed by atoms with Crippen molar-refractivity contribution in [3.05, 3.63) is 102 Å². The second-order valence-electron chi connectivity index (χ2n) is 7.52. The lowest BCUT2D eigenvalue weighted by Gasteiger charge is -2.12. The van der Waals surface area contributed by atoms with Crippen LogP contribution in [0.4, 0.5) is 0 Å². The van der Waals surface area contributed by atoms with Crippen LogP contribution in [0.25, 0.3) is 33.2 Å². The molecule has 0 unspecified atom stereocenters. The van der Waals surface area contributed by atoms with Crippen molar-refractivity contribution in [2.75, 3.05) is 0 Å². The van der Waals surface area contributed by atoms with Gasteiger partial charge in [0.2, 0.25) is 0 Å². The number of para-hydroxylation sites is 1. The smallest absolute Gasteiger partial charge is 0.0541 e. The molecule has 5 rings (SSSR count). The molecule has 0 bridgehead atoms. The number of aliphatic imine (C=N–C) groups is 1. The molecule has 1 aliphatic rings. The summed E-state index contributed by atoms with van der Waals surface area (Å²) < 4.78 is 2.30. The van der Waals surface area contributed by atoms with Gasteiger partial charge in [0.1, 0.15) is 0 Å². The Morgan fingerprint density at radius 1 is 0.969 bits per heavy atom. The van der Waals surface area contributed by atoms with Crippen molar-refractivity contribution < 1.29 is 0 Å². The number of nitrogens with two attached hydrogens (primary N) is 1. The number of hydrogen-bond acceptors (Lipinski definition) is 3. The van der Waals surface area contributed by atoms with E-state index in [2.05, 4.69) is 76.1 Å². The third-order valence-electron chi connectivity index (χ3n) is 5.43. The summed E-state index contributed by atoms with van der Waals surface area (Å²) in [6.07, 6.45) is 12.4. The average Bonchev–Trinajstić information content (AvgIpc) is 3.13. The van der Waals surface area contributed by atoms with Gasteiger partial charge in [0, 0.05) is 52.5 Å². The molecule has 0 spiro atoms. The maximum atomic E-state index is 6.51. The molecule has 0 saturated carbocycles. The summed E-state index contributed by atoms with van der Waals surface area (Å²) in [5.41, 5.74) is 14.0. The van der Waals surface area contributed by atoms with E-state index in [1.54, 1.807) is 12.4 Å². The maximum absolute atomic E-state index is 6.51. The zero-order valence-corrected chi connectivity index (χ0v) is 18.8. The van der Waals surface area contributed by atoms with Crippen molar-refractivity contribution in [1.82, 2.24) is 9.55 Å². The Morgan fingerprint density at radius 3 is 2.41 bits per heavy atom. The van der Waals surface area contributed by atoms with Gasteiger partial charge in [-0.3, -0.25) is 9.98 Å². The summed E-state index contributed by atoms with van der Waals surface area (Å²) in [5.74, 6) is 0. The van der Waals surface area contributed by atoms with E-state index < -0.39 is 0 Å². The Morgan fingerprint density at radius 2 is 1.69 bits per heavy atom. The third-order valence-corrected chi connectivity index (χ3v) is 5.43. The van der Waals surface area contributed by atoms with Crippen LogP contribution in [-0.4, -0.2) is 15.8 Å². The second kappa shape index (κ2) is 9.48. The van der Waals surface area contributed by atoms with Crippen molar-refractivity contribution in [2.45, 2.75) is 27.2 Å². The number of fused-ring (bicyclic) bond motifs is 3. The van der Waals surface area contributed by atoms with Gasteiger partial charge in [0.25, 0.3) is 0 Å². The maximum Gasteiger partial charge on any atom is 0.0541 e. The first-order chi connectivity index (χ1) is 15.7. The number of aromatic nitrogens is 2. The van der Waals surface area contributed by atoms with Crippen LogP contribution in [0, 0.1) is 6.92 Å². The average molecular weight is 421 g/mol. The van der Waals surface area contributed by atoms with E-state index in [1.165, 1.54) is 32.9 Å². The Hall–Kier alpha value is -3.92. The lowest BCUT2D eigenvalue weighted by Crippen LogP contribution is -2.02. The molecule has 4 aromatic rings. The largest absolute Gasteiger partial charge is 0.398 e. The first-order valence-corrected chi connectivity index (χ1v) is 11.0. The zero-order valence-electron chi connectivity index (χ0n) is 18.8. The fourth-order valence-corrected chi connectivity index (χ4v) is 3.87. The lowest BCUT2D eigenvalue weighted by atomic mass is 10.1. The van der Waals surface area contributed by atoms with E-state index in [4.69, 9.17) is 5.73 Å². The van der Waals surface area contributed by atoms with Crippen molar-refractivity contribution in [3.8, 4) is 0 Å². The Labute approximate surface area is 189 Å². The molecule has 160 valence electrons. The predicted octanol–water partition coefficient (Wildman–Crippen LogP) is 6.72. The van der Waals surface area contributed by atoms with Gasteiger partial charge in [-0.25, -0.2) is 0 Å². The SMILES string of the molecule is CC.Cc1ccc2c(c1)c1ccccc1n2C(/C=C(\N)c1ccncc1)=C/CC1=CN=C1. The number of rotatable bonds is 5. The summed E-state index contributed by atoms with van der Waals surface area (Å²) in [5, 5.41) is 2.49. The van der Waals surface area contributed by atoms with Crippen LogP contribution in [0.3, 0.4) is 0 Å². The predicted molar refractivity (Wildman–Crippen MR) is 137 cm³/mol. The first-order valence-electron chi connectivity index (χ1n) is 11.0. The molecule has 0 amide bonds. The topological polar surface area (TPSA) is 56.2 Å². The Bertz CT molecular complexity index is 1370. The molecule has 0 saturated heterocycles. The highest BCUT2D eigenvalue weighted by molar-refractivity contribution is 6.10. The molecule has 32 heavy (non-hydrogen) atoms. The van der Waals surface area contributed by atoms with Gasteiger partial charge in [-0.2, -0.15) is 0 Å². The van der Waals surface area contributed by atoms with E-state index in [-0.39, 0.29) is 0 Å². The van der Waals surface area contributed by atoms with Crippen LogP contribution in [0.15, 0.2) is 95.9 Å². The Kier molecular flexibility index (Phi) is 6.31. The van der Waals surface area contributed by atoms with E-state index in [1.807, 2.05) is 38.4 Å². The highest BCUT2D eigenvalue weighted by atomic mass is 15.0. The first kappa shape index (κ1) is 21.3. The van der Waals surface area contributed by atoms with Crippen LogP contribution in [0.5, 0.6) is 0 Å². The van der Waals surface area contributed by atoms with Gasteiger partial charge < -0.3 is 10.3 Å². The lowest BCUT2D eigenvalue weighted by molar-refractivity contribution is 1.19. The monoisotopic (exact) mass is 420 g/mol. The summed E-state index contributed by atoms with van der Waals surface area (Å²) in [7, 11) is 0. The summed E-state index contributed by atoms with van der Waals surface area (Å²) in [6, 6.07) is 19.0. The van der Waals surface area contributed by atoms with Crippen LogP contribution in [0.1, 0.15) is 31.4 Å². The summed E-state index contributed by atoms with van der Waals surface area (Å²) in [6.45, 7) is 6.13. The molecule has 2 aromatic carbocycles. The van der Waals surface area contributed by atoms with Crippen molar-refractivity contribution >= 4 is 39.4 Å². The van der Waals surface area contributed by atoms with Crippen LogP contribution < -0.4 is 5.73 Å². The number of hydrogen-bond donors (Lipinski definition) is 1. The molecule has 2 N–H and O–H groups in total. The highest BCUT2D eigenvalue weighted by Crippen LogP contribution is 2.33. The van der Waals surface area contributed by atoms with Gasteiger partial charge in [-0.1, -0.05) is 49.8 Å². The number of aryl methyl sites for hydroxylation is 1. The molecule has 0 atom stereocenters. The van der Waals surface area contributed by atoms with Gasteiger partial charge >= 0.3 is 0 Å². The molecule has 0 fully saturated rings. The second-order valence-corrected chi connectivity index (χ2v) is 7.52. The summed E-state index contributed by atoms with van der Waals surface area (Å²) >= 11 is 0. The van der Waals surface area contributed by atoms with Gasteiger partial charge in [0.05, 0.1) is 11.0 Å². The van der Waals surface area contributed by atoms with E-state index in [0.29, 0.717) is 5.70 Å². The molecular weight excluding hydrogens is 392 g/mol. The van der Waals surface area contributed by atoms with E-state index >= 15 is 0 Å². The Balaban J connectivity index is 0.00000119. The fourth-order valence-electron chi connectivity index (χ4n) is 3.87. The fraction of sp³-hybridized carbons (Fsp3) is 0.143. The van der Waals surface area contributed by atoms with Gasteiger partial charge in [-0.15, -0.1) is 0 Å². The zero-order chi connectivity index (χ0) is 22.5. The van der Waals surface area contributed by atoms with Gasteiger partial charge in [0.15, 0.2) is 0 Å². The van der Waals surface area contributed by atoms with Crippen LogP contribution in [-0.2, 0) is 0 Å². The van der Waals surface area contributed by atoms with E-state index in [0.717, 1.165) is 17.7 Å². The minimum atomic E-state index is 0.706. The quantitative estimate of drug-likeness (QED) is 0.364. The number of benzene rings is 2. The molecule has 0 aliphatic carbocycles. The minimum absolute atomic E-state index is 0.706. The molecule has 0 radical (unpaired) electrons. The standard InChI is InChI=1S/C26H22N4.C2H6/c1-18-6-9-26-23(14-18)22-4-2-3-5-25(22)30(26)21(8-7-19-16-29-17-19)15-24(27)20-10-12-28-13-11-20;1-2/h2-6,8-17H,7,27H2,1H3;1-2H3/b21-8+,24-15-;. The van der Waals surface area contributed by atoms with Crippen molar-refractivity contribution in [2.24, 2.45) is 10.7 Å². The van der Waals surface area contributed by atoms with E-state index in [9.17, 15) is 0 Å². The molecule has 2 aromatic heterocycles.